The van der Waals surface area contributed by atoms with Crippen molar-refractivity contribution in [2.45, 2.75) is 32.9 Å². The molecule has 1 aromatic heterocycles. The molecule has 1 heterocycles. The van der Waals surface area contributed by atoms with Crippen LogP contribution in [0.15, 0.2) is 18.5 Å². The van der Waals surface area contributed by atoms with E-state index in [0.29, 0.717) is 12.1 Å². The van der Waals surface area contributed by atoms with Gasteiger partial charge in [0.05, 0.1) is 12.6 Å². The molecule has 4 nitrogen and oxygen atoms in total. The van der Waals surface area contributed by atoms with E-state index in [1.165, 1.54) is 0 Å². The third-order valence-electron chi connectivity index (χ3n) is 2.58. The Kier molecular flexibility index (Phi) is 5.36. The fourth-order valence-corrected chi connectivity index (χ4v) is 1.42. The number of hydrogen-bond donors (Lipinski definition) is 1. The molecule has 1 aromatic rings. The highest BCUT2D eigenvalue weighted by molar-refractivity contribution is 4.83. The molecule has 0 aliphatic rings. The van der Waals surface area contributed by atoms with Gasteiger partial charge in [0.15, 0.2) is 0 Å². The van der Waals surface area contributed by atoms with E-state index in [-0.39, 0.29) is 0 Å². The predicted molar refractivity (Wildman–Crippen MR) is 60.9 cm³/mol. The highest BCUT2D eigenvalue weighted by atomic mass is 16.5. The number of ether oxygens (including phenoxy) is 1. The van der Waals surface area contributed by atoms with Gasteiger partial charge in [-0.25, -0.2) is 0 Å². The molecule has 0 bridgehead atoms. The van der Waals surface area contributed by atoms with Crippen molar-refractivity contribution in [2.75, 3.05) is 19.8 Å². The Bertz CT molecular complexity index is 248. The summed E-state index contributed by atoms with van der Waals surface area (Å²) in [5.74, 6) is 0. The Morgan fingerprint density at radius 3 is 2.87 bits per heavy atom. The number of aromatic nitrogens is 2. The van der Waals surface area contributed by atoms with Gasteiger partial charge in [0, 0.05) is 31.6 Å². The predicted octanol–water partition coefficient (Wildman–Crippen LogP) is 1.46. The SMILES string of the molecule is CCOCCNC(C)C(C)n1cccn1. The zero-order chi connectivity index (χ0) is 11.1. The minimum absolute atomic E-state index is 0.363. The molecule has 0 spiro atoms. The van der Waals surface area contributed by atoms with Crippen LogP contribution in [0.2, 0.25) is 0 Å². The van der Waals surface area contributed by atoms with E-state index in [2.05, 4.69) is 24.3 Å². The van der Waals surface area contributed by atoms with E-state index in [1.807, 2.05) is 30.1 Å². The first-order chi connectivity index (χ1) is 7.25. The summed E-state index contributed by atoms with van der Waals surface area (Å²) in [4.78, 5) is 0. The van der Waals surface area contributed by atoms with E-state index in [1.54, 1.807) is 0 Å². The Hall–Kier alpha value is -0.870. The summed E-state index contributed by atoms with van der Waals surface area (Å²) in [6.07, 6.45) is 3.80. The molecule has 0 saturated heterocycles. The zero-order valence-electron chi connectivity index (χ0n) is 9.81. The molecule has 0 radical (unpaired) electrons. The molecule has 2 unspecified atom stereocenters. The molecule has 1 N–H and O–H groups in total. The number of nitrogens with zero attached hydrogens (tertiary/aromatic N) is 2. The molecule has 0 fully saturated rings. The smallest absolute Gasteiger partial charge is 0.0641 e. The lowest BCUT2D eigenvalue weighted by molar-refractivity contribution is 0.145. The lowest BCUT2D eigenvalue weighted by Gasteiger charge is -2.21. The molecule has 0 amide bonds. The molecule has 0 saturated carbocycles. The Labute approximate surface area is 91.6 Å². The molecule has 0 aliphatic carbocycles. The van der Waals surface area contributed by atoms with Crippen LogP contribution in [0, 0.1) is 0 Å². The Morgan fingerprint density at radius 1 is 1.47 bits per heavy atom. The molecule has 15 heavy (non-hydrogen) atoms. The standard InChI is InChI=1S/C11H21N3O/c1-4-15-9-7-12-10(2)11(3)14-8-5-6-13-14/h5-6,8,10-12H,4,7,9H2,1-3H3. The van der Waals surface area contributed by atoms with Gasteiger partial charge in [-0.15, -0.1) is 0 Å². The minimum Gasteiger partial charge on any atom is -0.380 e. The second-order valence-electron chi connectivity index (χ2n) is 3.67. The molecule has 0 aromatic carbocycles. The van der Waals surface area contributed by atoms with Crippen molar-refractivity contribution in [3.05, 3.63) is 18.5 Å². The van der Waals surface area contributed by atoms with Gasteiger partial charge in [0.2, 0.25) is 0 Å². The fourth-order valence-electron chi connectivity index (χ4n) is 1.42. The van der Waals surface area contributed by atoms with Crippen LogP contribution < -0.4 is 5.32 Å². The van der Waals surface area contributed by atoms with E-state index in [9.17, 15) is 0 Å². The largest absolute Gasteiger partial charge is 0.380 e. The van der Waals surface area contributed by atoms with E-state index in [0.717, 1.165) is 19.8 Å². The van der Waals surface area contributed by atoms with Gasteiger partial charge in [0.25, 0.3) is 0 Å². The average molecular weight is 211 g/mol. The first kappa shape index (κ1) is 12.2. The van der Waals surface area contributed by atoms with Gasteiger partial charge in [-0.1, -0.05) is 0 Å². The third-order valence-corrected chi connectivity index (χ3v) is 2.58. The molecule has 86 valence electrons. The summed E-state index contributed by atoms with van der Waals surface area (Å²) in [6.45, 7) is 8.78. The quantitative estimate of drug-likeness (QED) is 0.694. The van der Waals surface area contributed by atoms with E-state index in [4.69, 9.17) is 4.74 Å². The highest BCUT2D eigenvalue weighted by Gasteiger charge is 2.12. The third kappa shape index (κ3) is 4.01. The molecular weight excluding hydrogens is 190 g/mol. The maximum Gasteiger partial charge on any atom is 0.0641 e. The Balaban J connectivity index is 2.24. The van der Waals surface area contributed by atoms with Crippen LogP contribution in [0.3, 0.4) is 0 Å². The zero-order valence-corrected chi connectivity index (χ0v) is 9.81. The number of nitrogens with one attached hydrogen (secondary N) is 1. The maximum absolute atomic E-state index is 5.27. The monoisotopic (exact) mass is 211 g/mol. The minimum atomic E-state index is 0.363. The van der Waals surface area contributed by atoms with E-state index >= 15 is 0 Å². The van der Waals surface area contributed by atoms with E-state index < -0.39 is 0 Å². The Morgan fingerprint density at radius 2 is 2.27 bits per heavy atom. The molecule has 4 heteroatoms. The molecule has 0 aliphatic heterocycles. The summed E-state index contributed by atoms with van der Waals surface area (Å²) in [7, 11) is 0. The van der Waals surface area contributed by atoms with Crippen molar-refractivity contribution in [1.29, 1.82) is 0 Å². The van der Waals surface area contributed by atoms with Gasteiger partial charge in [0.1, 0.15) is 0 Å². The lowest BCUT2D eigenvalue weighted by Crippen LogP contribution is -2.36. The van der Waals surface area contributed by atoms with Crippen LogP contribution in [-0.4, -0.2) is 35.6 Å². The second-order valence-corrected chi connectivity index (χ2v) is 3.67. The summed E-state index contributed by atoms with van der Waals surface area (Å²) in [5.41, 5.74) is 0. The van der Waals surface area contributed by atoms with Gasteiger partial charge in [-0.05, 0) is 26.8 Å². The normalized spacial score (nSPS) is 15.1. The van der Waals surface area contributed by atoms with Gasteiger partial charge >= 0.3 is 0 Å². The van der Waals surface area contributed by atoms with Crippen LogP contribution in [0.25, 0.3) is 0 Å². The fraction of sp³-hybridized carbons (Fsp3) is 0.727. The topological polar surface area (TPSA) is 39.1 Å². The molecular formula is C11H21N3O. The lowest BCUT2D eigenvalue weighted by atomic mass is 10.2. The number of rotatable bonds is 7. The van der Waals surface area contributed by atoms with Crippen LogP contribution in [0.5, 0.6) is 0 Å². The molecule has 2 atom stereocenters. The van der Waals surface area contributed by atoms with Crippen molar-refractivity contribution in [3.63, 3.8) is 0 Å². The first-order valence-corrected chi connectivity index (χ1v) is 5.56. The van der Waals surface area contributed by atoms with Crippen LogP contribution >= 0.6 is 0 Å². The van der Waals surface area contributed by atoms with Crippen molar-refractivity contribution in [3.8, 4) is 0 Å². The summed E-state index contributed by atoms with van der Waals surface area (Å²) >= 11 is 0. The highest BCUT2D eigenvalue weighted by Crippen LogP contribution is 2.08. The van der Waals surface area contributed by atoms with Gasteiger partial charge in [-0.3, -0.25) is 4.68 Å². The van der Waals surface area contributed by atoms with Gasteiger partial charge < -0.3 is 10.1 Å². The van der Waals surface area contributed by atoms with Crippen molar-refractivity contribution < 1.29 is 4.74 Å². The summed E-state index contributed by atoms with van der Waals surface area (Å²) < 4.78 is 7.24. The number of hydrogen-bond acceptors (Lipinski definition) is 3. The molecule has 1 rings (SSSR count). The first-order valence-electron chi connectivity index (χ1n) is 5.56. The maximum atomic E-state index is 5.27. The van der Waals surface area contributed by atoms with Crippen molar-refractivity contribution in [2.24, 2.45) is 0 Å². The summed E-state index contributed by atoms with van der Waals surface area (Å²) in [6, 6.07) is 2.70. The second kappa shape index (κ2) is 6.58. The van der Waals surface area contributed by atoms with Crippen molar-refractivity contribution in [1.82, 2.24) is 15.1 Å². The average Bonchev–Trinajstić information content (AvgIpc) is 2.76. The van der Waals surface area contributed by atoms with Crippen LogP contribution in [0.4, 0.5) is 0 Å². The van der Waals surface area contributed by atoms with Crippen LogP contribution in [-0.2, 0) is 4.74 Å². The van der Waals surface area contributed by atoms with Crippen molar-refractivity contribution >= 4 is 0 Å². The van der Waals surface area contributed by atoms with Gasteiger partial charge in [-0.2, -0.15) is 5.10 Å². The van der Waals surface area contributed by atoms with Crippen LogP contribution in [0.1, 0.15) is 26.8 Å². The summed E-state index contributed by atoms with van der Waals surface area (Å²) in [5, 5.41) is 7.65.